The lowest BCUT2D eigenvalue weighted by atomic mass is 10.1. The summed E-state index contributed by atoms with van der Waals surface area (Å²) in [6.45, 7) is 0.626. The number of alkyl halides is 3. The maximum atomic E-state index is 12.4. The molecule has 0 aliphatic rings. The van der Waals surface area contributed by atoms with E-state index >= 15 is 0 Å². The van der Waals surface area contributed by atoms with Gasteiger partial charge in [0.1, 0.15) is 6.61 Å². The number of rotatable bonds is 4. The average molecular weight is 309 g/mol. The van der Waals surface area contributed by atoms with Gasteiger partial charge in [-0.25, -0.2) is 0 Å². The van der Waals surface area contributed by atoms with Crippen LogP contribution in [-0.4, -0.2) is 18.3 Å². The second-order valence-electron chi connectivity index (χ2n) is 3.74. The van der Waals surface area contributed by atoms with Gasteiger partial charge in [0, 0.05) is 18.2 Å². The molecule has 0 fully saturated rings. The number of halogens is 4. The quantitative estimate of drug-likeness (QED) is 0.942. The van der Waals surface area contributed by atoms with Gasteiger partial charge in [-0.1, -0.05) is 12.1 Å². The fourth-order valence-corrected chi connectivity index (χ4v) is 1.45. The van der Waals surface area contributed by atoms with Crippen LogP contribution in [0.5, 0.6) is 5.88 Å². The highest BCUT2D eigenvalue weighted by atomic mass is 35.5. The molecule has 2 N–H and O–H groups in total. The molecule has 0 radical (unpaired) electrons. The van der Waals surface area contributed by atoms with Crippen LogP contribution in [0.1, 0.15) is 5.56 Å². The predicted octanol–water partition coefficient (Wildman–Crippen LogP) is 3.12. The number of aromatic nitrogens is 1. The van der Waals surface area contributed by atoms with Crippen molar-refractivity contribution in [3.8, 4) is 17.2 Å². The van der Waals surface area contributed by atoms with Gasteiger partial charge in [0.25, 0.3) is 5.88 Å². The van der Waals surface area contributed by atoms with Crippen molar-refractivity contribution in [1.29, 1.82) is 0 Å². The number of hydrogen-bond acceptors (Lipinski definition) is 4. The Kier molecular flexibility index (Phi) is 5.41. The lowest BCUT2D eigenvalue weighted by Gasteiger charge is -2.05. The Labute approximate surface area is 119 Å². The molecule has 2 rings (SSSR count). The molecule has 0 aliphatic carbocycles. The molecular formula is C12H12ClF3N2O2. The highest BCUT2D eigenvalue weighted by Crippen LogP contribution is 2.31. The molecule has 1 aromatic carbocycles. The highest BCUT2D eigenvalue weighted by Gasteiger charge is 2.30. The molecule has 0 amide bonds. The molecule has 1 aromatic heterocycles. The monoisotopic (exact) mass is 308 g/mol. The van der Waals surface area contributed by atoms with E-state index in [4.69, 9.17) is 15.0 Å². The summed E-state index contributed by atoms with van der Waals surface area (Å²) in [5.74, 6) is 0.584. The van der Waals surface area contributed by atoms with Crippen LogP contribution in [-0.2, 0) is 6.18 Å². The zero-order valence-corrected chi connectivity index (χ0v) is 11.0. The Hall–Kier alpha value is -1.73. The van der Waals surface area contributed by atoms with Crippen LogP contribution in [0.4, 0.5) is 13.2 Å². The number of benzene rings is 1. The number of ether oxygens (including phenoxy) is 1. The summed E-state index contributed by atoms with van der Waals surface area (Å²) in [6, 6.07) is 6.10. The van der Waals surface area contributed by atoms with Crippen LogP contribution in [0.15, 0.2) is 34.9 Å². The van der Waals surface area contributed by atoms with E-state index in [9.17, 15) is 13.2 Å². The van der Waals surface area contributed by atoms with Gasteiger partial charge in [-0.05, 0) is 17.3 Å². The van der Waals surface area contributed by atoms with Gasteiger partial charge in [-0.15, -0.1) is 12.4 Å². The van der Waals surface area contributed by atoms with E-state index in [1.165, 1.54) is 18.2 Å². The molecule has 8 heteroatoms. The summed E-state index contributed by atoms with van der Waals surface area (Å²) >= 11 is 0. The molecule has 2 aromatic rings. The van der Waals surface area contributed by atoms with Crippen LogP contribution < -0.4 is 10.5 Å². The molecule has 0 saturated carbocycles. The second-order valence-corrected chi connectivity index (χ2v) is 3.74. The summed E-state index contributed by atoms with van der Waals surface area (Å²) < 4.78 is 47.3. The molecule has 4 nitrogen and oxygen atoms in total. The zero-order valence-electron chi connectivity index (χ0n) is 10.2. The van der Waals surface area contributed by atoms with E-state index in [1.54, 1.807) is 0 Å². The van der Waals surface area contributed by atoms with Crippen molar-refractivity contribution in [3.05, 3.63) is 35.9 Å². The van der Waals surface area contributed by atoms with Crippen LogP contribution in [0.3, 0.4) is 0 Å². The minimum absolute atomic E-state index is 0. The van der Waals surface area contributed by atoms with Crippen molar-refractivity contribution in [2.24, 2.45) is 5.73 Å². The number of hydrogen-bond donors (Lipinski definition) is 1. The molecule has 0 unspecified atom stereocenters. The molecule has 0 aliphatic heterocycles. The molecule has 0 atom stereocenters. The van der Waals surface area contributed by atoms with Crippen molar-refractivity contribution in [3.63, 3.8) is 0 Å². The molecule has 0 bridgehead atoms. The number of nitrogens with zero attached hydrogens (tertiary/aromatic N) is 1. The standard InChI is InChI=1S/C12H11F3N2O2.ClH/c13-12(14,15)9-3-1-8(2-4-9)10-7-11(17-19-10)18-6-5-16;/h1-4,7H,5-6,16H2;1H. The molecule has 110 valence electrons. The molecule has 1 heterocycles. The van der Waals surface area contributed by atoms with Crippen molar-refractivity contribution < 1.29 is 22.4 Å². The van der Waals surface area contributed by atoms with E-state index < -0.39 is 11.7 Å². The first-order valence-corrected chi connectivity index (χ1v) is 5.48. The summed E-state index contributed by atoms with van der Waals surface area (Å²) in [7, 11) is 0. The fraction of sp³-hybridized carbons (Fsp3) is 0.250. The summed E-state index contributed by atoms with van der Waals surface area (Å²) in [4.78, 5) is 0. The Morgan fingerprint density at radius 3 is 2.40 bits per heavy atom. The van der Waals surface area contributed by atoms with Gasteiger partial charge in [-0.2, -0.15) is 13.2 Å². The molecule has 20 heavy (non-hydrogen) atoms. The first-order valence-electron chi connectivity index (χ1n) is 5.48. The van der Waals surface area contributed by atoms with Gasteiger partial charge in [0.15, 0.2) is 5.76 Å². The summed E-state index contributed by atoms with van der Waals surface area (Å²) in [5.41, 5.74) is 5.04. The van der Waals surface area contributed by atoms with Gasteiger partial charge in [-0.3, -0.25) is 0 Å². The third-order valence-corrected chi connectivity index (χ3v) is 2.35. The zero-order chi connectivity index (χ0) is 13.9. The normalized spacial score (nSPS) is 11.0. The first kappa shape index (κ1) is 16.3. The van der Waals surface area contributed by atoms with Crippen LogP contribution >= 0.6 is 12.4 Å². The van der Waals surface area contributed by atoms with E-state index in [2.05, 4.69) is 5.16 Å². The highest BCUT2D eigenvalue weighted by molar-refractivity contribution is 5.85. The summed E-state index contributed by atoms with van der Waals surface area (Å²) in [6.07, 6.45) is -4.35. The van der Waals surface area contributed by atoms with Crippen molar-refractivity contribution in [2.45, 2.75) is 6.18 Å². The van der Waals surface area contributed by atoms with E-state index in [-0.39, 0.29) is 18.3 Å². The smallest absolute Gasteiger partial charge is 0.416 e. The minimum Gasteiger partial charge on any atom is -0.474 e. The van der Waals surface area contributed by atoms with Gasteiger partial charge in [0.2, 0.25) is 0 Å². The molecule has 0 saturated heterocycles. The lowest BCUT2D eigenvalue weighted by Crippen LogP contribution is -2.10. The predicted molar refractivity (Wildman–Crippen MR) is 68.7 cm³/mol. The van der Waals surface area contributed by atoms with Crippen molar-refractivity contribution >= 4 is 12.4 Å². The summed E-state index contributed by atoms with van der Waals surface area (Å²) in [5, 5.41) is 3.63. The fourth-order valence-electron chi connectivity index (χ4n) is 1.45. The maximum absolute atomic E-state index is 12.4. The van der Waals surface area contributed by atoms with Gasteiger partial charge < -0.3 is 15.0 Å². The maximum Gasteiger partial charge on any atom is 0.416 e. The van der Waals surface area contributed by atoms with E-state index in [1.807, 2.05) is 0 Å². The average Bonchev–Trinajstić information content (AvgIpc) is 2.84. The second kappa shape index (κ2) is 6.62. The Morgan fingerprint density at radius 1 is 1.20 bits per heavy atom. The SMILES string of the molecule is Cl.NCCOc1cc(-c2ccc(C(F)(F)F)cc2)on1. The number of nitrogens with two attached hydrogens (primary N) is 1. The van der Waals surface area contributed by atoms with E-state index in [0.717, 1.165) is 12.1 Å². The minimum atomic E-state index is -4.35. The largest absolute Gasteiger partial charge is 0.474 e. The van der Waals surface area contributed by atoms with Gasteiger partial charge >= 0.3 is 6.18 Å². The van der Waals surface area contributed by atoms with Crippen LogP contribution in [0, 0.1) is 0 Å². The van der Waals surface area contributed by atoms with Crippen LogP contribution in [0.2, 0.25) is 0 Å². The third kappa shape index (κ3) is 3.88. The topological polar surface area (TPSA) is 61.3 Å². The Bertz CT molecular complexity index is 540. The van der Waals surface area contributed by atoms with Crippen molar-refractivity contribution in [1.82, 2.24) is 5.16 Å². The Balaban J connectivity index is 0.00000200. The van der Waals surface area contributed by atoms with E-state index in [0.29, 0.717) is 24.5 Å². The lowest BCUT2D eigenvalue weighted by molar-refractivity contribution is -0.137. The van der Waals surface area contributed by atoms with Crippen LogP contribution in [0.25, 0.3) is 11.3 Å². The first-order chi connectivity index (χ1) is 9.00. The molecule has 0 spiro atoms. The van der Waals surface area contributed by atoms with Gasteiger partial charge in [0.05, 0.1) is 5.56 Å². The third-order valence-electron chi connectivity index (χ3n) is 2.35. The van der Waals surface area contributed by atoms with Crippen molar-refractivity contribution in [2.75, 3.05) is 13.2 Å². The Morgan fingerprint density at radius 2 is 1.85 bits per heavy atom. The molecular weight excluding hydrogens is 297 g/mol.